The van der Waals surface area contributed by atoms with Gasteiger partial charge in [0.2, 0.25) is 5.91 Å². The maximum absolute atomic E-state index is 12.9. The Kier molecular flexibility index (Phi) is 5.67. The lowest BCUT2D eigenvalue weighted by Gasteiger charge is -2.28. The van der Waals surface area contributed by atoms with Gasteiger partial charge in [-0.25, -0.2) is 4.39 Å². The van der Waals surface area contributed by atoms with Crippen LogP contribution in [0.1, 0.15) is 25.7 Å². The fourth-order valence-electron chi connectivity index (χ4n) is 3.23. The number of ether oxygens (including phenoxy) is 1. The Morgan fingerprint density at radius 1 is 1.21 bits per heavy atom. The van der Waals surface area contributed by atoms with Gasteiger partial charge in [-0.1, -0.05) is 0 Å². The first-order chi connectivity index (χ1) is 11.7. The molecule has 2 N–H and O–H groups in total. The number of amides is 1. The number of hydrogen-bond donors (Lipinski definition) is 2. The topological polar surface area (TPSA) is 62.7 Å². The summed E-state index contributed by atoms with van der Waals surface area (Å²) in [5, 5.41) is 6.91. The first-order valence-electron chi connectivity index (χ1n) is 8.63. The van der Waals surface area contributed by atoms with Crippen molar-refractivity contribution < 1.29 is 13.9 Å². The van der Waals surface area contributed by atoms with Gasteiger partial charge in [0, 0.05) is 19.3 Å². The molecule has 1 atom stereocenters. The Morgan fingerprint density at radius 2 is 1.92 bits per heavy atom. The minimum Gasteiger partial charge on any atom is -0.493 e. The van der Waals surface area contributed by atoms with Crippen LogP contribution < -0.4 is 15.5 Å². The van der Waals surface area contributed by atoms with E-state index in [1.54, 1.807) is 18.3 Å². The van der Waals surface area contributed by atoms with E-state index in [1.165, 1.54) is 12.1 Å². The average molecular weight is 333 g/mol. The molecule has 1 aromatic rings. The van der Waals surface area contributed by atoms with E-state index in [9.17, 15) is 9.18 Å². The van der Waals surface area contributed by atoms with E-state index in [0.29, 0.717) is 25.0 Å². The quantitative estimate of drug-likeness (QED) is 0.840. The molecule has 0 bridgehead atoms. The number of halogens is 1. The highest BCUT2D eigenvalue weighted by Gasteiger charge is 2.24. The Hall–Kier alpha value is -2.11. The Bertz CT molecular complexity index is 568. The van der Waals surface area contributed by atoms with Crippen molar-refractivity contribution in [3.63, 3.8) is 0 Å². The third-order valence-electron chi connectivity index (χ3n) is 4.82. The van der Waals surface area contributed by atoms with Gasteiger partial charge in [-0.05, 0) is 61.8 Å². The molecular formula is C18H24FN3O2. The lowest BCUT2D eigenvalue weighted by atomic mass is 9.82. The normalized spacial score (nSPS) is 26.0. The Labute approximate surface area is 141 Å². The van der Waals surface area contributed by atoms with Crippen molar-refractivity contribution in [2.45, 2.75) is 25.7 Å². The van der Waals surface area contributed by atoms with Crippen LogP contribution in [-0.4, -0.2) is 31.8 Å². The molecule has 1 unspecified atom stereocenters. The van der Waals surface area contributed by atoms with Crippen LogP contribution in [0, 0.1) is 23.6 Å². The molecule has 130 valence electrons. The first-order valence-corrected chi connectivity index (χ1v) is 8.63. The highest BCUT2D eigenvalue weighted by atomic mass is 19.1. The standard InChI is InChI=1S/C18H24FN3O2/c19-16-5-7-17(8-6-16)24-12-14-3-1-13(2-4-14)9-20-18(23)15-10-21-22-11-15/h5-8,10,13-15,22H,1-4,9,11-12H2,(H,20,23). The molecule has 2 aliphatic rings. The Morgan fingerprint density at radius 3 is 2.58 bits per heavy atom. The second-order valence-corrected chi connectivity index (χ2v) is 6.64. The van der Waals surface area contributed by atoms with Crippen molar-refractivity contribution in [2.75, 3.05) is 19.7 Å². The molecule has 5 nitrogen and oxygen atoms in total. The molecule has 0 aromatic heterocycles. The summed E-state index contributed by atoms with van der Waals surface area (Å²) in [6, 6.07) is 6.16. The highest BCUT2D eigenvalue weighted by molar-refractivity contribution is 5.94. The number of nitrogens with one attached hydrogen (secondary N) is 2. The van der Waals surface area contributed by atoms with E-state index in [0.717, 1.165) is 38.0 Å². The zero-order valence-corrected chi connectivity index (χ0v) is 13.7. The van der Waals surface area contributed by atoms with Gasteiger partial charge in [-0.3, -0.25) is 4.79 Å². The third kappa shape index (κ3) is 4.69. The number of rotatable bonds is 6. The minimum atomic E-state index is -0.246. The van der Waals surface area contributed by atoms with Gasteiger partial charge < -0.3 is 15.5 Å². The Balaban J connectivity index is 1.32. The SMILES string of the molecule is O=C(NCC1CCC(COc2ccc(F)cc2)CC1)C1C=NNC1. The van der Waals surface area contributed by atoms with E-state index in [4.69, 9.17) is 4.74 Å². The molecule has 1 heterocycles. The number of nitrogens with zero attached hydrogens (tertiary/aromatic N) is 1. The molecule has 1 aromatic carbocycles. The minimum absolute atomic E-state index is 0.0607. The van der Waals surface area contributed by atoms with Crippen LogP contribution in [0.5, 0.6) is 5.75 Å². The lowest BCUT2D eigenvalue weighted by Crippen LogP contribution is -2.37. The van der Waals surface area contributed by atoms with Gasteiger partial charge in [-0.15, -0.1) is 0 Å². The summed E-state index contributed by atoms with van der Waals surface area (Å²) in [7, 11) is 0. The molecule has 1 saturated carbocycles. The number of carbonyl (C=O) groups is 1. The van der Waals surface area contributed by atoms with Crippen molar-refractivity contribution >= 4 is 12.1 Å². The van der Waals surface area contributed by atoms with E-state index < -0.39 is 0 Å². The molecule has 1 amide bonds. The molecule has 0 radical (unpaired) electrons. The van der Waals surface area contributed by atoms with Crippen molar-refractivity contribution in [2.24, 2.45) is 22.9 Å². The predicted molar refractivity (Wildman–Crippen MR) is 90.3 cm³/mol. The molecule has 1 aliphatic carbocycles. The summed E-state index contributed by atoms with van der Waals surface area (Å²) in [6.07, 6.45) is 6.09. The monoisotopic (exact) mass is 333 g/mol. The molecule has 3 rings (SSSR count). The fourth-order valence-corrected chi connectivity index (χ4v) is 3.23. The molecular weight excluding hydrogens is 309 g/mol. The van der Waals surface area contributed by atoms with Crippen molar-refractivity contribution in [3.05, 3.63) is 30.1 Å². The summed E-state index contributed by atoms with van der Waals surface area (Å²) in [4.78, 5) is 11.9. The van der Waals surface area contributed by atoms with E-state index in [1.807, 2.05) is 0 Å². The van der Waals surface area contributed by atoms with Crippen molar-refractivity contribution in [1.82, 2.24) is 10.7 Å². The number of hydrazone groups is 1. The van der Waals surface area contributed by atoms with Crippen LogP contribution in [0.2, 0.25) is 0 Å². The maximum atomic E-state index is 12.9. The average Bonchev–Trinajstić information content (AvgIpc) is 3.15. The molecule has 0 saturated heterocycles. The number of benzene rings is 1. The molecule has 1 aliphatic heterocycles. The smallest absolute Gasteiger partial charge is 0.230 e. The van der Waals surface area contributed by atoms with Gasteiger partial charge in [0.25, 0.3) is 0 Å². The van der Waals surface area contributed by atoms with E-state index in [2.05, 4.69) is 15.8 Å². The van der Waals surface area contributed by atoms with Gasteiger partial charge in [0.1, 0.15) is 11.6 Å². The van der Waals surface area contributed by atoms with Gasteiger partial charge >= 0.3 is 0 Å². The van der Waals surface area contributed by atoms with Crippen LogP contribution in [-0.2, 0) is 4.79 Å². The summed E-state index contributed by atoms with van der Waals surface area (Å²) in [6.45, 7) is 2.02. The predicted octanol–water partition coefficient (Wildman–Crippen LogP) is 2.33. The van der Waals surface area contributed by atoms with Crippen molar-refractivity contribution in [1.29, 1.82) is 0 Å². The molecule has 24 heavy (non-hydrogen) atoms. The molecule has 0 spiro atoms. The van der Waals surface area contributed by atoms with Gasteiger partial charge in [-0.2, -0.15) is 5.10 Å². The van der Waals surface area contributed by atoms with E-state index >= 15 is 0 Å². The van der Waals surface area contributed by atoms with Crippen LogP contribution in [0.4, 0.5) is 4.39 Å². The van der Waals surface area contributed by atoms with Gasteiger partial charge in [0.05, 0.1) is 12.5 Å². The largest absolute Gasteiger partial charge is 0.493 e. The zero-order chi connectivity index (χ0) is 16.8. The van der Waals surface area contributed by atoms with Crippen LogP contribution in [0.3, 0.4) is 0 Å². The van der Waals surface area contributed by atoms with Crippen LogP contribution in [0.15, 0.2) is 29.4 Å². The fraction of sp³-hybridized carbons (Fsp3) is 0.556. The van der Waals surface area contributed by atoms with Crippen molar-refractivity contribution in [3.8, 4) is 5.75 Å². The zero-order valence-electron chi connectivity index (χ0n) is 13.7. The number of hydrogen-bond acceptors (Lipinski definition) is 4. The molecule has 6 heteroatoms. The second kappa shape index (κ2) is 8.13. The summed E-state index contributed by atoms with van der Waals surface area (Å²) in [5.74, 6) is 1.48. The summed E-state index contributed by atoms with van der Waals surface area (Å²) in [5.41, 5.74) is 2.80. The molecule has 1 fully saturated rings. The lowest BCUT2D eigenvalue weighted by molar-refractivity contribution is -0.122. The summed E-state index contributed by atoms with van der Waals surface area (Å²) >= 11 is 0. The first kappa shape index (κ1) is 16.7. The maximum Gasteiger partial charge on any atom is 0.230 e. The van der Waals surface area contributed by atoms with Crippen LogP contribution >= 0.6 is 0 Å². The summed E-state index contributed by atoms with van der Waals surface area (Å²) < 4.78 is 18.6. The highest BCUT2D eigenvalue weighted by Crippen LogP contribution is 2.29. The van der Waals surface area contributed by atoms with Gasteiger partial charge in [0.15, 0.2) is 0 Å². The number of carbonyl (C=O) groups excluding carboxylic acids is 1. The second-order valence-electron chi connectivity index (χ2n) is 6.64. The van der Waals surface area contributed by atoms with E-state index in [-0.39, 0.29) is 17.6 Å². The third-order valence-corrected chi connectivity index (χ3v) is 4.82. The van der Waals surface area contributed by atoms with Crippen LogP contribution in [0.25, 0.3) is 0 Å².